The van der Waals surface area contributed by atoms with Crippen molar-refractivity contribution in [2.45, 2.75) is 18.6 Å². The second-order valence-corrected chi connectivity index (χ2v) is 7.43. The summed E-state index contributed by atoms with van der Waals surface area (Å²) in [6.45, 7) is 3.77. The van der Waals surface area contributed by atoms with Gasteiger partial charge in [0.15, 0.2) is 6.61 Å². The molecule has 1 saturated heterocycles. The average Bonchev–Trinajstić information content (AvgIpc) is 3.16. The van der Waals surface area contributed by atoms with E-state index in [2.05, 4.69) is 22.6 Å². The smallest absolute Gasteiger partial charge is 0.151 e. The number of nitrogens with one attached hydrogen (secondary N) is 1. The molecule has 0 aliphatic carbocycles. The summed E-state index contributed by atoms with van der Waals surface area (Å²) in [4.78, 5) is 5.30. The number of thioether (sulfide) groups is 1. The summed E-state index contributed by atoms with van der Waals surface area (Å²) in [5.41, 5.74) is 3.01. The Bertz CT molecular complexity index is 711. The fraction of sp³-hybridized carbons (Fsp3) is 0.350. The Hall–Kier alpha value is -2.18. The molecule has 1 aliphatic rings. The Morgan fingerprint density at radius 3 is 2.62 bits per heavy atom. The van der Waals surface area contributed by atoms with Gasteiger partial charge in [-0.05, 0) is 60.9 Å². The van der Waals surface area contributed by atoms with Crippen molar-refractivity contribution in [2.24, 2.45) is 5.16 Å². The monoisotopic (exact) mass is 372 g/mol. The topological polar surface area (TPSA) is 63.1 Å². The molecule has 2 aromatic rings. The van der Waals surface area contributed by atoms with Crippen LogP contribution in [0.4, 0.5) is 0 Å². The molecule has 2 N–H and O–H groups in total. The van der Waals surface area contributed by atoms with E-state index in [1.54, 1.807) is 24.3 Å². The standard InChI is InChI=1S/C20H24N2O3S/c1-15(17-4-6-18(23)7-5-17)22-25-11-10-24-19-8-2-16(3-9-19)12-20-13-21-14-26-20/h2-9,20-21,23H,10-14H2,1H3. The Labute approximate surface area is 158 Å². The summed E-state index contributed by atoms with van der Waals surface area (Å²) in [5, 5.41) is 17.4. The number of oxime groups is 1. The number of hydrogen-bond donors (Lipinski definition) is 2. The largest absolute Gasteiger partial charge is 0.508 e. The lowest BCUT2D eigenvalue weighted by molar-refractivity contribution is 0.107. The van der Waals surface area contributed by atoms with Crippen LogP contribution in [0.2, 0.25) is 0 Å². The summed E-state index contributed by atoms with van der Waals surface area (Å²) in [7, 11) is 0. The number of nitrogens with zero attached hydrogens (tertiary/aromatic N) is 1. The number of phenols is 1. The normalized spacial score (nSPS) is 17.3. The zero-order valence-corrected chi connectivity index (χ0v) is 15.7. The van der Waals surface area contributed by atoms with E-state index in [9.17, 15) is 5.11 Å². The highest BCUT2D eigenvalue weighted by atomic mass is 32.2. The van der Waals surface area contributed by atoms with Crippen LogP contribution in [0, 0.1) is 0 Å². The van der Waals surface area contributed by atoms with Gasteiger partial charge in [-0.2, -0.15) is 0 Å². The van der Waals surface area contributed by atoms with E-state index in [-0.39, 0.29) is 5.75 Å². The molecule has 0 bridgehead atoms. The minimum atomic E-state index is 0.237. The fourth-order valence-corrected chi connectivity index (χ4v) is 3.68. The van der Waals surface area contributed by atoms with E-state index in [0.717, 1.165) is 35.9 Å². The summed E-state index contributed by atoms with van der Waals surface area (Å²) in [5.74, 6) is 2.13. The van der Waals surface area contributed by atoms with E-state index >= 15 is 0 Å². The molecule has 0 amide bonds. The third-order valence-corrected chi connectivity index (χ3v) is 5.29. The lowest BCUT2D eigenvalue weighted by Gasteiger charge is -2.09. The van der Waals surface area contributed by atoms with E-state index < -0.39 is 0 Å². The van der Waals surface area contributed by atoms with Crippen LogP contribution < -0.4 is 10.1 Å². The van der Waals surface area contributed by atoms with Crippen molar-refractivity contribution in [3.63, 3.8) is 0 Å². The Balaban J connectivity index is 1.37. The number of benzene rings is 2. The maximum absolute atomic E-state index is 9.29. The van der Waals surface area contributed by atoms with Crippen molar-refractivity contribution in [1.82, 2.24) is 5.32 Å². The van der Waals surface area contributed by atoms with Gasteiger partial charge in [0.2, 0.25) is 0 Å². The van der Waals surface area contributed by atoms with Crippen LogP contribution >= 0.6 is 11.8 Å². The molecule has 5 nitrogen and oxygen atoms in total. The van der Waals surface area contributed by atoms with Crippen LogP contribution in [-0.4, -0.2) is 41.7 Å². The molecule has 1 atom stereocenters. The van der Waals surface area contributed by atoms with Crippen molar-refractivity contribution in [2.75, 3.05) is 25.6 Å². The van der Waals surface area contributed by atoms with Gasteiger partial charge in [0.25, 0.3) is 0 Å². The van der Waals surface area contributed by atoms with Crippen molar-refractivity contribution in [3.05, 3.63) is 59.7 Å². The first kappa shape index (κ1) is 18.6. The first-order chi connectivity index (χ1) is 12.7. The quantitative estimate of drug-likeness (QED) is 0.422. The molecule has 6 heteroatoms. The number of phenolic OH excluding ortho intramolecular Hbond substituents is 1. The van der Waals surface area contributed by atoms with Crippen molar-refractivity contribution in [1.29, 1.82) is 0 Å². The zero-order valence-electron chi connectivity index (χ0n) is 14.9. The van der Waals surface area contributed by atoms with Crippen molar-refractivity contribution < 1.29 is 14.7 Å². The Morgan fingerprint density at radius 1 is 1.15 bits per heavy atom. The molecule has 1 aliphatic heterocycles. The number of aromatic hydroxyl groups is 1. The minimum absolute atomic E-state index is 0.237. The second kappa shape index (κ2) is 9.50. The van der Waals surface area contributed by atoms with Gasteiger partial charge in [0.05, 0.1) is 5.71 Å². The third kappa shape index (κ3) is 5.68. The zero-order chi connectivity index (χ0) is 18.2. The van der Waals surface area contributed by atoms with Crippen LogP contribution in [0.1, 0.15) is 18.1 Å². The summed E-state index contributed by atoms with van der Waals surface area (Å²) in [6, 6.07) is 15.1. The van der Waals surface area contributed by atoms with Crippen LogP contribution in [0.5, 0.6) is 11.5 Å². The molecule has 3 rings (SSSR count). The Kier molecular flexibility index (Phi) is 6.80. The second-order valence-electron chi connectivity index (χ2n) is 6.14. The molecule has 138 valence electrons. The van der Waals surface area contributed by atoms with E-state index in [1.807, 2.05) is 30.8 Å². The van der Waals surface area contributed by atoms with E-state index in [4.69, 9.17) is 9.57 Å². The highest BCUT2D eigenvalue weighted by Gasteiger charge is 2.15. The predicted octanol–water partition coefficient (Wildman–Crippen LogP) is 3.42. The molecule has 1 unspecified atom stereocenters. The highest BCUT2D eigenvalue weighted by molar-refractivity contribution is 8.00. The minimum Gasteiger partial charge on any atom is -0.508 e. The molecule has 26 heavy (non-hydrogen) atoms. The first-order valence-electron chi connectivity index (χ1n) is 8.71. The lowest BCUT2D eigenvalue weighted by Crippen LogP contribution is -2.14. The third-order valence-electron chi connectivity index (χ3n) is 4.11. The molecule has 1 fully saturated rings. The van der Waals surface area contributed by atoms with E-state index in [1.165, 1.54) is 5.56 Å². The maximum atomic E-state index is 9.29. The molecular weight excluding hydrogens is 348 g/mol. The van der Waals surface area contributed by atoms with Crippen molar-refractivity contribution >= 4 is 17.5 Å². The SMILES string of the molecule is CC(=NOCCOc1ccc(CC2CNCS2)cc1)c1ccc(O)cc1. The van der Waals surface area contributed by atoms with Gasteiger partial charge in [-0.25, -0.2) is 0 Å². The van der Waals surface area contributed by atoms with Gasteiger partial charge in [0.1, 0.15) is 18.1 Å². The molecular formula is C20H24N2O3S. The van der Waals surface area contributed by atoms with Gasteiger partial charge >= 0.3 is 0 Å². The number of rotatable bonds is 8. The van der Waals surface area contributed by atoms with Crippen LogP contribution in [0.25, 0.3) is 0 Å². The van der Waals surface area contributed by atoms with Crippen LogP contribution in [0.15, 0.2) is 53.7 Å². The van der Waals surface area contributed by atoms with E-state index in [0.29, 0.717) is 18.5 Å². The maximum Gasteiger partial charge on any atom is 0.151 e. The molecule has 0 saturated carbocycles. The average molecular weight is 372 g/mol. The molecule has 1 heterocycles. The molecule has 0 aromatic heterocycles. The Morgan fingerprint density at radius 2 is 1.92 bits per heavy atom. The molecule has 0 radical (unpaired) electrons. The number of ether oxygens (including phenoxy) is 1. The van der Waals surface area contributed by atoms with Crippen LogP contribution in [0.3, 0.4) is 0 Å². The van der Waals surface area contributed by atoms with Gasteiger partial charge in [-0.3, -0.25) is 0 Å². The highest BCUT2D eigenvalue weighted by Crippen LogP contribution is 2.21. The fourth-order valence-electron chi connectivity index (χ4n) is 2.67. The van der Waals surface area contributed by atoms with Crippen molar-refractivity contribution in [3.8, 4) is 11.5 Å². The number of hydrogen-bond acceptors (Lipinski definition) is 6. The summed E-state index contributed by atoms with van der Waals surface area (Å²) >= 11 is 1.98. The molecule has 2 aromatic carbocycles. The van der Waals surface area contributed by atoms with Gasteiger partial charge in [-0.15, -0.1) is 11.8 Å². The van der Waals surface area contributed by atoms with Gasteiger partial charge < -0.3 is 20.0 Å². The molecule has 0 spiro atoms. The summed E-state index contributed by atoms with van der Waals surface area (Å²) in [6.07, 6.45) is 1.09. The summed E-state index contributed by atoms with van der Waals surface area (Å²) < 4.78 is 5.69. The van der Waals surface area contributed by atoms with Gasteiger partial charge in [-0.1, -0.05) is 17.3 Å². The first-order valence-corrected chi connectivity index (χ1v) is 9.75. The van der Waals surface area contributed by atoms with Crippen LogP contribution in [-0.2, 0) is 11.3 Å². The van der Waals surface area contributed by atoms with Gasteiger partial charge in [0, 0.05) is 17.7 Å². The lowest BCUT2D eigenvalue weighted by atomic mass is 10.1. The predicted molar refractivity (Wildman–Crippen MR) is 106 cm³/mol.